The Kier molecular flexibility index (Phi) is 5.42. The van der Waals surface area contributed by atoms with E-state index in [0.29, 0.717) is 13.0 Å². The summed E-state index contributed by atoms with van der Waals surface area (Å²) >= 11 is 0. The normalized spacial score (nSPS) is 11.5. The highest BCUT2D eigenvalue weighted by Gasteiger charge is 2.03. The molecule has 0 fully saturated rings. The van der Waals surface area contributed by atoms with Gasteiger partial charge in [0.25, 0.3) is 0 Å². The smallest absolute Gasteiger partial charge is 0.407 e. The van der Waals surface area contributed by atoms with E-state index in [0.717, 1.165) is 0 Å². The average Bonchev–Trinajstić information content (AvgIpc) is 2.02. The summed E-state index contributed by atoms with van der Waals surface area (Å²) in [6.45, 7) is 3.80. The molecule has 0 atom stereocenters. The van der Waals surface area contributed by atoms with E-state index >= 15 is 0 Å². The largest absolute Gasteiger partial charge is 0.447 e. The molecule has 0 bridgehead atoms. The summed E-state index contributed by atoms with van der Waals surface area (Å²) in [4.78, 5) is 10.8. The number of oxime groups is 1. The molecule has 0 aliphatic rings. The van der Waals surface area contributed by atoms with Gasteiger partial charge in [0.1, 0.15) is 5.84 Å². The van der Waals surface area contributed by atoms with Gasteiger partial charge >= 0.3 is 6.09 Å². The minimum atomic E-state index is -0.499. The summed E-state index contributed by atoms with van der Waals surface area (Å²) in [5.41, 5.74) is 5.17. The third kappa shape index (κ3) is 6.92. The highest BCUT2D eigenvalue weighted by molar-refractivity contribution is 5.80. The van der Waals surface area contributed by atoms with E-state index in [1.165, 1.54) is 0 Å². The van der Waals surface area contributed by atoms with E-state index in [4.69, 9.17) is 15.7 Å². The summed E-state index contributed by atoms with van der Waals surface area (Å²) in [7, 11) is 0. The van der Waals surface area contributed by atoms with Gasteiger partial charge in [0.2, 0.25) is 0 Å². The fourth-order valence-corrected chi connectivity index (χ4v) is 0.598. The first-order chi connectivity index (χ1) is 6.06. The molecular formula is C7H15N3O3. The van der Waals surface area contributed by atoms with Crippen LogP contribution in [0.1, 0.15) is 20.3 Å². The number of hydrogen-bond acceptors (Lipinski definition) is 4. The number of nitrogens with one attached hydrogen (secondary N) is 1. The summed E-state index contributed by atoms with van der Waals surface area (Å²) < 4.78 is 4.77. The monoisotopic (exact) mass is 189 g/mol. The van der Waals surface area contributed by atoms with Gasteiger partial charge in [0.05, 0.1) is 6.10 Å². The molecule has 0 aromatic heterocycles. The molecule has 0 aromatic rings. The molecule has 0 unspecified atom stereocenters. The average molecular weight is 189 g/mol. The maximum Gasteiger partial charge on any atom is 0.407 e. The molecule has 0 spiro atoms. The predicted octanol–water partition coefficient (Wildman–Crippen LogP) is 0.257. The highest BCUT2D eigenvalue weighted by atomic mass is 16.6. The Morgan fingerprint density at radius 3 is 2.77 bits per heavy atom. The van der Waals surface area contributed by atoms with Crippen LogP contribution in [0.25, 0.3) is 0 Å². The van der Waals surface area contributed by atoms with Gasteiger partial charge in [-0.25, -0.2) is 4.79 Å². The number of carbonyl (C=O) groups excluding carboxylic acids is 1. The van der Waals surface area contributed by atoms with Crippen molar-refractivity contribution in [2.75, 3.05) is 6.54 Å². The zero-order valence-electron chi connectivity index (χ0n) is 7.78. The molecule has 0 aliphatic carbocycles. The Balaban J connectivity index is 3.48. The first kappa shape index (κ1) is 11.5. The van der Waals surface area contributed by atoms with Gasteiger partial charge in [0, 0.05) is 13.0 Å². The van der Waals surface area contributed by atoms with Crippen LogP contribution >= 0.6 is 0 Å². The van der Waals surface area contributed by atoms with Gasteiger partial charge in [-0.2, -0.15) is 0 Å². The molecule has 0 aromatic carbocycles. The second-order valence-electron chi connectivity index (χ2n) is 2.72. The van der Waals surface area contributed by atoms with Gasteiger partial charge in [-0.1, -0.05) is 5.16 Å². The minimum absolute atomic E-state index is 0.0739. The topological polar surface area (TPSA) is 96.9 Å². The predicted molar refractivity (Wildman–Crippen MR) is 47.6 cm³/mol. The van der Waals surface area contributed by atoms with Gasteiger partial charge < -0.3 is 21.0 Å². The van der Waals surface area contributed by atoms with Crippen molar-refractivity contribution in [3.05, 3.63) is 0 Å². The molecule has 0 radical (unpaired) electrons. The van der Waals surface area contributed by atoms with Crippen LogP contribution in [0.15, 0.2) is 5.16 Å². The third-order valence-corrected chi connectivity index (χ3v) is 1.12. The Morgan fingerprint density at radius 2 is 2.31 bits per heavy atom. The maximum atomic E-state index is 10.8. The summed E-state index contributed by atoms with van der Waals surface area (Å²) in [6, 6.07) is 0. The van der Waals surface area contributed by atoms with Crippen molar-refractivity contribution in [1.82, 2.24) is 5.32 Å². The number of ether oxygens (including phenoxy) is 1. The van der Waals surface area contributed by atoms with Crippen molar-refractivity contribution in [1.29, 1.82) is 0 Å². The van der Waals surface area contributed by atoms with Gasteiger partial charge in [-0.3, -0.25) is 0 Å². The number of amides is 1. The minimum Gasteiger partial charge on any atom is -0.447 e. The third-order valence-electron chi connectivity index (χ3n) is 1.12. The quantitative estimate of drug-likeness (QED) is 0.256. The van der Waals surface area contributed by atoms with Gasteiger partial charge in [-0.15, -0.1) is 0 Å². The van der Waals surface area contributed by atoms with E-state index in [-0.39, 0.29) is 11.9 Å². The van der Waals surface area contributed by atoms with E-state index in [1.54, 1.807) is 13.8 Å². The van der Waals surface area contributed by atoms with Crippen LogP contribution in [0.3, 0.4) is 0 Å². The first-order valence-corrected chi connectivity index (χ1v) is 3.97. The SMILES string of the molecule is CC(C)OC(=O)NCCC(N)=NO. The molecule has 6 heteroatoms. The number of nitrogens with zero attached hydrogens (tertiary/aromatic N) is 1. The lowest BCUT2D eigenvalue weighted by atomic mass is 10.4. The molecule has 13 heavy (non-hydrogen) atoms. The standard InChI is InChI=1S/C7H15N3O3/c1-5(2)13-7(11)9-4-3-6(8)10-12/h5,12H,3-4H2,1-2H3,(H2,8,10)(H,9,11). The Bertz CT molecular complexity index is 191. The van der Waals surface area contributed by atoms with Crippen LogP contribution in [0.2, 0.25) is 0 Å². The molecule has 0 aliphatic heterocycles. The first-order valence-electron chi connectivity index (χ1n) is 3.97. The van der Waals surface area contributed by atoms with E-state index in [2.05, 4.69) is 10.5 Å². The zero-order chi connectivity index (χ0) is 10.3. The van der Waals surface area contributed by atoms with Crippen molar-refractivity contribution in [3.8, 4) is 0 Å². The van der Waals surface area contributed by atoms with Gasteiger partial charge in [0.15, 0.2) is 0 Å². The fraction of sp³-hybridized carbons (Fsp3) is 0.714. The Labute approximate surface area is 76.7 Å². The Morgan fingerprint density at radius 1 is 1.69 bits per heavy atom. The molecule has 0 saturated heterocycles. The molecule has 0 heterocycles. The number of nitrogens with two attached hydrogens (primary N) is 1. The summed E-state index contributed by atoms with van der Waals surface area (Å²) in [5, 5.41) is 13.4. The van der Waals surface area contributed by atoms with Crippen molar-refractivity contribution < 1.29 is 14.7 Å². The molecule has 0 rings (SSSR count). The van der Waals surface area contributed by atoms with E-state index < -0.39 is 6.09 Å². The summed E-state index contributed by atoms with van der Waals surface area (Å²) in [6.07, 6.45) is -0.353. The maximum absolute atomic E-state index is 10.8. The van der Waals surface area contributed by atoms with Crippen LogP contribution in [-0.2, 0) is 4.74 Å². The van der Waals surface area contributed by atoms with Crippen molar-refractivity contribution in [3.63, 3.8) is 0 Å². The van der Waals surface area contributed by atoms with Crippen LogP contribution < -0.4 is 11.1 Å². The molecule has 76 valence electrons. The summed E-state index contributed by atoms with van der Waals surface area (Å²) in [5.74, 6) is 0.0739. The molecular weight excluding hydrogens is 174 g/mol. The lowest BCUT2D eigenvalue weighted by molar-refractivity contribution is 0.116. The zero-order valence-corrected chi connectivity index (χ0v) is 7.78. The van der Waals surface area contributed by atoms with E-state index in [9.17, 15) is 4.79 Å². The van der Waals surface area contributed by atoms with Crippen LogP contribution in [0.4, 0.5) is 4.79 Å². The molecule has 4 N–H and O–H groups in total. The highest BCUT2D eigenvalue weighted by Crippen LogP contribution is 1.88. The fourth-order valence-electron chi connectivity index (χ4n) is 0.598. The van der Waals surface area contributed by atoms with Crippen LogP contribution in [-0.4, -0.2) is 29.8 Å². The molecule has 0 saturated carbocycles. The number of alkyl carbamates (subject to hydrolysis) is 1. The second kappa shape index (κ2) is 6.10. The number of carbonyl (C=O) groups is 1. The number of rotatable bonds is 4. The molecule has 1 amide bonds. The van der Waals surface area contributed by atoms with E-state index in [1.807, 2.05) is 0 Å². The lowest BCUT2D eigenvalue weighted by Gasteiger charge is -2.08. The number of hydrogen-bond donors (Lipinski definition) is 3. The lowest BCUT2D eigenvalue weighted by Crippen LogP contribution is -2.30. The second-order valence-corrected chi connectivity index (χ2v) is 2.72. The van der Waals surface area contributed by atoms with Crippen LogP contribution in [0, 0.1) is 0 Å². The van der Waals surface area contributed by atoms with Gasteiger partial charge in [-0.05, 0) is 13.8 Å². The van der Waals surface area contributed by atoms with Crippen molar-refractivity contribution in [2.24, 2.45) is 10.9 Å². The van der Waals surface area contributed by atoms with Crippen molar-refractivity contribution in [2.45, 2.75) is 26.4 Å². The van der Waals surface area contributed by atoms with Crippen LogP contribution in [0.5, 0.6) is 0 Å². The van der Waals surface area contributed by atoms with Crippen molar-refractivity contribution >= 4 is 11.9 Å². The number of amidine groups is 1. The molecule has 6 nitrogen and oxygen atoms in total. The Hall–Kier alpha value is -1.46.